The second kappa shape index (κ2) is 3.76. The van der Waals surface area contributed by atoms with E-state index in [1.165, 1.54) is 19.1 Å². The number of hydrogen-bond donors (Lipinski definition) is 2. The molecule has 68 valence electrons. The first kappa shape index (κ1) is 9.32. The highest BCUT2D eigenvalue weighted by atomic mass is 16.4. The third-order valence-electron chi connectivity index (χ3n) is 1.65. The van der Waals surface area contributed by atoms with Gasteiger partial charge in [0.2, 0.25) is 0 Å². The lowest BCUT2D eigenvalue weighted by molar-refractivity contribution is -0.132. The number of para-hydroxylation sites is 1. The first-order chi connectivity index (χ1) is 6.11. The lowest BCUT2D eigenvalue weighted by Crippen LogP contribution is -1.95. The van der Waals surface area contributed by atoms with Crippen LogP contribution >= 0.6 is 0 Å². The van der Waals surface area contributed by atoms with Crippen molar-refractivity contribution < 1.29 is 15.0 Å². The molecule has 0 amide bonds. The Morgan fingerprint density at radius 2 is 2.00 bits per heavy atom. The summed E-state index contributed by atoms with van der Waals surface area (Å²) >= 11 is 0. The van der Waals surface area contributed by atoms with Gasteiger partial charge in [0.05, 0.1) is 0 Å². The second-order valence-corrected chi connectivity index (χ2v) is 2.69. The maximum atomic E-state index is 10.5. The monoisotopic (exact) mass is 178 g/mol. The zero-order valence-corrected chi connectivity index (χ0v) is 7.19. The van der Waals surface area contributed by atoms with Crippen LogP contribution in [0.3, 0.4) is 0 Å². The molecule has 0 saturated heterocycles. The van der Waals surface area contributed by atoms with Crippen molar-refractivity contribution in [3.63, 3.8) is 0 Å². The van der Waals surface area contributed by atoms with E-state index in [0.717, 1.165) is 0 Å². The Labute approximate surface area is 76.0 Å². The van der Waals surface area contributed by atoms with Gasteiger partial charge in [-0.1, -0.05) is 18.2 Å². The fourth-order valence-corrected chi connectivity index (χ4v) is 0.905. The predicted octanol–water partition coefficient (Wildman–Crippen LogP) is 1.88. The van der Waals surface area contributed by atoms with E-state index in [0.29, 0.717) is 5.56 Å². The summed E-state index contributed by atoms with van der Waals surface area (Å²) in [6, 6.07) is 6.59. The van der Waals surface area contributed by atoms with E-state index in [9.17, 15) is 9.90 Å². The van der Waals surface area contributed by atoms with Crippen molar-refractivity contribution >= 4 is 12.0 Å². The topological polar surface area (TPSA) is 57.5 Å². The molecule has 0 radical (unpaired) electrons. The highest BCUT2D eigenvalue weighted by Crippen LogP contribution is 2.18. The van der Waals surface area contributed by atoms with E-state index >= 15 is 0 Å². The summed E-state index contributed by atoms with van der Waals surface area (Å²) in [7, 11) is 0. The molecular formula is C10H10O3. The molecule has 1 aromatic rings. The van der Waals surface area contributed by atoms with Gasteiger partial charge in [-0.25, -0.2) is 4.79 Å². The molecule has 0 aliphatic rings. The highest BCUT2D eigenvalue weighted by molar-refractivity contribution is 5.91. The fraction of sp³-hybridized carbons (Fsp3) is 0.100. The molecule has 3 nitrogen and oxygen atoms in total. The molecule has 1 rings (SSSR count). The summed E-state index contributed by atoms with van der Waals surface area (Å²) in [5.74, 6) is -0.897. The van der Waals surface area contributed by atoms with Gasteiger partial charge in [-0.15, -0.1) is 0 Å². The second-order valence-electron chi connectivity index (χ2n) is 2.69. The number of hydrogen-bond acceptors (Lipinski definition) is 2. The molecule has 0 bridgehead atoms. The number of carboxylic acid groups (broad SMARTS) is 1. The van der Waals surface area contributed by atoms with Crippen LogP contribution in [0.5, 0.6) is 5.75 Å². The van der Waals surface area contributed by atoms with Crippen LogP contribution in [0.4, 0.5) is 0 Å². The van der Waals surface area contributed by atoms with E-state index in [1.807, 2.05) is 0 Å². The Balaban J connectivity index is 3.04. The fourth-order valence-electron chi connectivity index (χ4n) is 0.905. The van der Waals surface area contributed by atoms with Crippen LogP contribution in [0.15, 0.2) is 29.8 Å². The van der Waals surface area contributed by atoms with Gasteiger partial charge in [-0.05, 0) is 19.1 Å². The minimum absolute atomic E-state index is 0.0862. The average molecular weight is 178 g/mol. The van der Waals surface area contributed by atoms with E-state index in [2.05, 4.69) is 0 Å². The predicted molar refractivity (Wildman–Crippen MR) is 49.4 cm³/mol. The minimum Gasteiger partial charge on any atom is -0.507 e. The van der Waals surface area contributed by atoms with Gasteiger partial charge in [0.25, 0.3) is 0 Å². The summed E-state index contributed by atoms with van der Waals surface area (Å²) in [6.45, 7) is 1.48. The standard InChI is InChI=1S/C10H10O3/c1-7(10(12)13)6-8-4-2-3-5-9(8)11/h2-6,11H,1H3,(H,12,13)/b7-6-. The third-order valence-corrected chi connectivity index (χ3v) is 1.65. The van der Waals surface area contributed by atoms with Gasteiger partial charge in [0, 0.05) is 11.1 Å². The molecule has 13 heavy (non-hydrogen) atoms. The van der Waals surface area contributed by atoms with Gasteiger partial charge < -0.3 is 10.2 Å². The lowest BCUT2D eigenvalue weighted by Gasteiger charge is -1.98. The molecule has 0 aliphatic heterocycles. The minimum atomic E-state index is -0.983. The third kappa shape index (κ3) is 2.33. The zero-order valence-electron chi connectivity index (χ0n) is 7.19. The summed E-state index contributed by atoms with van der Waals surface area (Å²) in [6.07, 6.45) is 1.43. The Morgan fingerprint density at radius 1 is 1.38 bits per heavy atom. The SMILES string of the molecule is C/C(=C/c1ccccc1O)C(=O)O. The molecule has 0 aliphatic carbocycles. The van der Waals surface area contributed by atoms with E-state index in [4.69, 9.17) is 5.11 Å². The van der Waals surface area contributed by atoms with Crippen molar-refractivity contribution in [2.45, 2.75) is 6.92 Å². The van der Waals surface area contributed by atoms with Gasteiger partial charge in [0.1, 0.15) is 5.75 Å². The highest BCUT2D eigenvalue weighted by Gasteiger charge is 2.01. The number of phenolic OH excluding ortho intramolecular Hbond substituents is 1. The molecule has 0 unspecified atom stereocenters. The van der Waals surface area contributed by atoms with Gasteiger partial charge >= 0.3 is 5.97 Å². The molecule has 0 heterocycles. The van der Waals surface area contributed by atoms with Crippen LogP contribution in [0.25, 0.3) is 6.08 Å². The zero-order chi connectivity index (χ0) is 9.84. The number of benzene rings is 1. The van der Waals surface area contributed by atoms with Crippen molar-refractivity contribution in [1.29, 1.82) is 0 Å². The van der Waals surface area contributed by atoms with Crippen LogP contribution in [0.2, 0.25) is 0 Å². The van der Waals surface area contributed by atoms with E-state index in [1.54, 1.807) is 18.2 Å². The van der Waals surface area contributed by atoms with Crippen LogP contribution in [0, 0.1) is 0 Å². The average Bonchev–Trinajstić information content (AvgIpc) is 2.08. The molecule has 1 aromatic carbocycles. The quantitative estimate of drug-likeness (QED) is 0.680. The molecular weight excluding hydrogens is 168 g/mol. The number of phenols is 1. The largest absolute Gasteiger partial charge is 0.507 e. The molecule has 0 atom stereocenters. The van der Waals surface area contributed by atoms with Gasteiger partial charge in [0.15, 0.2) is 0 Å². The smallest absolute Gasteiger partial charge is 0.331 e. The maximum Gasteiger partial charge on any atom is 0.331 e. The first-order valence-electron chi connectivity index (χ1n) is 3.81. The lowest BCUT2D eigenvalue weighted by atomic mass is 10.1. The number of aliphatic carboxylic acids is 1. The Hall–Kier alpha value is -1.77. The molecule has 3 heteroatoms. The normalized spacial score (nSPS) is 11.3. The molecule has 0 saturated carbocycles. The number of carbonyl (C=O) groups is 1. The summed E-state index contributed by atoms with van der Waals surface area (Å²) in [5, 5.41) is 17.9. The number of aromatic hydroxyl groups is 1. The van der Waals surface area contributed by atoms with E-state index in [-0.39, 0.29) is 11.3 Å². The Bertz CT molecular complexity index is 353. The van der Waals surface area contributed by atoms with Crippen LogP contribution in [0.1, 0.15) is 12.5 Å². The number of carboxylic acids is 1. The maximum absolute atomic E-state index is 10.5. The molecule has 0 spiro atoms. The molecule has 2 N–H and O–H groups in total. The number of rotatable bonds is 2. The van der Waals surface area contributed by atoms with Crippen molar-refractivity contribution in [2.75, 3.05) is 0 Å². The van der Waals surface area contributed by atoms with Crippen molar-refractivity contribution in [1.82, 2.24) is 0 Å². The summed E-state index contributed by atoms with van der Waals surface area (Å²) in [5.41, 5.74) is 0.712. The van der Waals surface area contributed by atoms with Crippen LogP contribution in [-0.4, -0.2) is 16.2 Å². The first-order valence-corrected chi connectivity index (χ1v) is 3.81. The van der Waals surface area contributed by atoms with Crippen LogP contribution < -0.4 is 0 Å². The molecule has 0 aromatic heterocycles. The van der Waals surface area contributed by atoms with Crippen molar-refractivity contribution in [2.24, 2.45) is 0 Å². The molecule has 0 fully saturated rings. The van der Waals surface area contributed by atoms with Crippen molar-refractivity contribution in [3.8, 4) is 5.75 Å². The summed E-state index contributed by atoms with van der Waals surface area (Å²) in [4.78, 5) is 10.5. The Morgan fingerprint density at radius 3 is 2.54 bits per heavy atom. The van der Waals surface area contributed by atoms with E-state index < -0.39 is 5.97 Å². The van der Waals surface area contributed by atoms with Crippen molar-refractivity contribution in [3.05, 3.63) is 35.4 Å². The van der Waals surface area contributed by atoms with Crippen LogP contribution in [-0.2, 0) is 4.79 Å². The van der Waals surface area contributed by atoms with Gasteiger partial charge in [-0.2, -0.15) is 0 Å². The summed E-state index contributed by atoms with van der Waals surface area (Å²) < 4.78 is 0. The Kier molecular flexibility index (Phi) is 2.69. The van der Waals surface area contributed by atoms with Gasteiger partial charge in [-0.3, -0.25) is 0 Å².